The van der Waals surface area contributed by atoms with Gasteiger partial charge in [0.2, 0.25) is 0 Å². The van der Waals surface area contributed by atoms with Crippen molar-refractivity contribution in [3.8, 4) is 0 Å². The van der Waals surface area contributed by atoms with Gasteiger partial charge in [0.15, 0.2) is 5.65 Å². The monoisotopic (exact) mass is 465 g/mol. The third kappa shape index (κ3) is 3.77. The summed E-state index contributed by atoms with van der Waals surface area (Å²) in [4.78, 5) is 13.3. The van der Waals surface area contributed by atoms with Gasteiger partial charge in [0, 0.05) is 62.2 Å². The van der Waals surface area contributed by atoms with E-state index in [9.17, 15) is 8.78 Å². The number of hydrogen-bond acceptors (Lipinski definition) is 4. The molecule has 0 N–H and O–H groups in total. The first-order chi connectivity index (χ1) is 14.7. The number of rotatable bonds is 4. The van der Waals surface area contributed by atoms with Crippen molar-refractivity contribution in [2.75, 3.05) is 24.5 Å². The Balaban J connectivity index is 1.43. The lowest BCUT2D eigenvalue weighted by molar-refractivity contribution is 0.0570. The maximum absolute atomic E-state index is 14.1. The van der Waals surface area contributed by atoms with Gasteiger partial charge in [-0.25, -0.2) is 18.7 Å². The maximum Gasteiger partial charge on any atom is 0.253 e. The lowest BCUT2D eigenvalue weighted by atomic mass is 9.98. The number of hydrogen-bond donors (Lipinski definition) is 0. The molecule has 3 heterocycles. The Bertz CT molecular complexity index is 1120. The van der Waals surface area contributed by atoms with E-state index in [1.165, 1.54) is 0 Å². The Labute approximate surface area is 189 Å². The molecule has 3 unspecified atom stereocenters. The van der Waals surface area contributed by atoms with Crippen molar-refractivity contribution in [3.05, 3.63) is 52.4 Å². The molecule has 2 aromatic heterocycles. The molecule has 1 saturated carbocycles. The van der Waals surface area contributed by atoms with E-state index in [-0.39, 0.29) is 18.5 Å². The van der Waals surface area contributed by atoms with E-state index >= 15 is 0 Å². The number of fused-ring (bicyclic) bond motifs is 1. The number of aromatic nitrogens is 3. The van der Waals surface area contributed by atoms with Crippen LogP contribution in [-0.2, 0) is 7.05 Å². The summed E-state index contributed by atoms with van der Waals surface area (Å²) < 4.78 is 30.1. The number of anilines is 1. The highest BCUT2D eigenvalue weighted by molar-refractivity contribution is 6.30. The highest BCUT2D eigenvalue weighted by atomic mass is 35.5. The minimum absolute atomic E-state index is 0.0661. The molecule has 9 heteroatoms. The zero-order valence-corrected chi connectivity index (χ0v) is 18.8. The topological polar surface area (TPSA) is 37.2 Å². The van der Waals surface area contributed by atoms with Crippen molar-refractivity contribution in [2.24, 2.45) is 13.0 Å². The zero-order chi connectivity index (χ0) is 21.9. The second-order valence-electron chi connectivity index (χ2n) is 8.60. The first-order valence-corrected chi connectivity index (χ1v) is 11.1. The third-order valence-corrected chi connectivity index (χ3v) is 6.89. The predicted octanol–water partition coefficient (Wildman–Crippen LogP) is 5.18. The lowest BCUT2D eigenvalue weighted by Gasteiger charge is -2.44. The summed E-state index contributed by atoms with van der Waals surface area (Å²) in [6, 6.07) is 8.92. The largest absolute Gasteiger partial charge is 0.364 e. The molecule has 1 aliphatic heterocycles. The second-order valence-corrected chi connectivity index (χ2v) is 9.42. The standard InChI is InChI=1S/C22H23Cl2F2N5/c1-13-11-30(20(16-10-22(16,25)26)14-3-5-15(23)6-4-14)7-8-31(13)17-9-18(24)28-21-19(17)27-12-29(21)2/h3-6,9,12-13,16,20H,7-8,10-11H2,1-2H3. The third-order valence-electron chi connectivity index (χ3n) is 6.45. The number of benzene rings is 1. The van der Waals surface area contributed by atoms with Crippen molar-refractivity contribution in [1.82, 2.24) is 19.4 Å². The number of nitrogens with zero attached hydrogens (tertiary/aromatic N) is 5. The van der Waals surface area contributed by atoms with Gasteiger partial charge in [-0.2, -0.15) is 0 Å². The summed E-state index contributed by atoms with van der Waals surface area (Å²) in [6.45, 7) is 4.13. The molecule has 5 nitrogen and oxygen atoms in total. The van der Waals surface area contributed by atoms with Crippen LogP contribution in [-0.4, -0.2) is 51.0 Å². The Hall–Kier alpha value is -1.96. The number of piperazine rings is 1. The number of pyridine rings is 1. The maximum atomic E-state index is 14.1. The predicted molar refractivity (Wildman–Crippen MR) is 119 cm³/mol. The van der Waals surface area contributed by atoms with Crippen LogP contribution in [0.25, 0.3) is 11.2 Å². The molecule has 0 bridgehead atoms. The van der Waals surface area contributed by atoms with Crippen LogP contribution in [0.1, 0.15) is 24.9 Å². The molecule has 0 amide bonds. The van der Waals surface area contributed by atoms with Gasteiger partial charge >= 0.3 is 0 Å². The number of alkyl halides is 2. The van der Waals surface area contributed by atoms with Crippen LogP contribution < -0.4 is 4.90 Å². The van der Waals surface area contributed by atoms with E-state index in [1.54, 1.807) is 18.5 Å². The van der Waals surface area contributed by atoms with Crippen LogP contribution in [0.15, 0.2) is 36.7 Å². The molecule has 0 radical (unpaired) electrons. The van der Waals surface area contributed by atoms with Gasteiger partial charge in [0.05, 0.1) is 12.0 Å². The van der Waals surface area contributed by atoms with Crippen molar-refractivity contribution in [2.45, 2.75) is 31.4 Å². The first kappa shape index (κ1) is 20.9. The van der Waals surface area contributed by atoms with Crippen LogP contribution >= 0.6 is 23.2 Å². The van der Waals surface area contributed by atoms with E-state index in [1.807, 2.05) is 29.8 Å². The molecule has 2 aliphatic rings. The van der Waals surface area contributed by atoms with Gasteiger partial charge in [0.25, 0.3) is 5.92 Å². The molecular weight excluding hydrogens is 443 g/mol. The molecule has 5 rings (SSSR count). The van der Waals surface area contributed by atoms with Crippen LogP contribution in [0.3, 0.4) is 0 Å². The highest BCUT2D eigenvalue weighted by Gasteiger charge is 2.62. The van der Waals surface area contributed by atoms with E-state index < -0.39 is 11.8 Å². The van der Waals surface area contributed by atoms with Crippen molar-refractivity contribution in [1.29, 1.82) is 0 Å². The number of halogens is 4. The van der Waals surface area contributed by atoms with Gasteiger partial charge in [-0.15, -0.1) is 0 Å². The Morgan fingerprint density at radius 2 is 1.87 bits per heavy atom. The van der Waals surface area contributed by atoms with Crippen molar-refractivity contribution >= 4 is 40.1 Å². The number of imidazole rings is 1. The van der Waals surface area contributed by atoms with Crippen molar-refractivity contribution in [3.63, 3.8) is 0 Å². The van der Waals surface area contributed by atoms with Crippen molar-refractivity contribution < 1.29 is 8.78 Å². The summed E-state index contributed by atoms with van der Waals surface area (Å²) in [5.74, 6) is -3.27. The molecule has 3 atom stereocenters. The SMILES string of the molecule is CC1CN(C(c2ccc(Cl)cc2)C2CC2(F)F)CCN1c1cc(Cl)nc2c1ncn2C. The van der Waals surface area contributed by atoms with Crippen LogP contribution in [0.5, 0.6) is 0 Å². The molecular formula is C22H23Cl2F2N5. The first-order valence-electron chi connectivity index (χ1n) is 10.4. The summed E-state index contributed by atoms with van der Waals surface area (Å²) >= 11 is 12.3. The molecule has 1 aliphatic carbocycles. The van der Waals surface area contributed by atoms with Gasteiger partial charge in [0.1, 0.15) is 10.7 Å². The highest BCUT2D eigenvalue weighted by Crippen LogP contribution is 2.57. The molecule has 3 aromatic rings. The number of aryl methyl sites for hydroxylation is 1. The van der Waals surface area contributed by atoms with E-state index in [4.69, 9.17) is 23.2 Å². The fraction of sp³-hybridized carbons (Fsp3) is 0.455. The molecule has 2 fully saturated rings. The van der Waals surface area contributed by atoms with Gasteiger partial charge < -0.3 is 9.47 Å². The molecule has 164 valence electrons. The van der Waals surface area contributed by atoms with Crippen LogP contribution in [0.4, 0.5) is 14.5 Å². The fourth-order valence-electron chi connectivity index (χ4n) is 4.80. The second kappa shape index (κ2) is 7.57. The molecule has 31 heavy (non-hydrogen) atoms. The Kier molecular flexibility index (Phi) is 5.11. The molecule has 0 spiro atoms. The lowest BCUT2D eigenvalue weighted by Crippen LogP contribution is -2.53. The summed E-state index contributed by atoms with van der Waals surface area (Å²) in [5.41, 5.74) is 3.36. The average Bonchev–Trinajstić information content (AvgIpc) is 3.18. The van der Waals surface area contributed by atoms with Gasteiger partial charge in [-0.05, 0) is 24.6 Å². The van der Waals surface area contributed by atoms with Crippen LogP contribution in [0.2, 0.25) is 10.2 Å². The summed E-state index contributed by atoms with van der Waals surface area (Å²) in [6.07, 6.45) is 1.66. The van der Waals surface area contributed by atoms with E-state index in [2.05, 4.69) is 26.7 Å². The quantitative estimate of drug-likeness (QED) is 0.497. The van der Waals surface area contributed by atoms with Gasteiger partial charge in [-0.1, -0.05) is 35.3 Å². The Morgan fingerprint density at radius 3 is 2.52 bits per heavy atom. The average molecular weight is 466 g/mol. The van der Waals surface area contributed by atoms with Crippen LogP contribution in [0, 0.1) is 5.92 Å². The summed E-state index contributed by atoms with van der Waals surface area (Å²) in [5, 5.41) is 1.02. The Morgan fingerprint density at radius 1 is 1.16 bits per heavy atom. The fourth-order valence-corrected chi connectivity index (χ4v) is 5.11. The van der Waals surface area contributed by atoms with Gasteiger partial charge in [-0.3, -0.25) is 4.90 Å². The van der Waals surface area contributed by atoms with E-state index in [0.29, 0.717) is 29.8 Å². The molecule has 1 saturated heterocycles. The normalized spacial score (nSPS) is 24.5. The molecule has 1 aromatic carbocycles. The smallest absolute Gasteiger partial charge is 0.253 e. The zero-order valence-electron chi connectivity index (χ0n) is 17.3. The minimum Gasteiger partial charge on any atom is -0.364 e. The minimum atomic E-state index is -2.61. The van der Waals surface area contributed by atoms with E-state index in [0.717, 1.165) is 22.4 Å². The summed E-state index contributed by atoms with van der Waals surface area (Å²) in [7, 11) is 1.89.